The fourth-order valence-corrected chi connectivity index (χ4v) is 1.09. The summed E-state index contributed by atoms with van der Waals surface area (Å²) < 4.78 is 10.3. The lowest BCUT2D eigenvalue weighted by molar-refractivity contribution is -0.147. The van der Waals surface area contributed by atoms with Crippen molar-refractivity contribution in [3.8, 4) is 0 Å². The van der Waals surface area contributed by atoms with E-state index in [4.69, 9.17) is 5.11 Å². The molecule has 0 aromatic carbocycles. The predicted octanol–water partition coefficient (Wildman–Crippen LogP) is 1.28. The molecule has 0 aliphatic carbocycles. The van der Waals surface area contributed by atoms with E-state index in [-0.39, 0.29) is 4.75 Å². The Hall–Kier alpha value is -0.550. The number of nitrogens with one attached hydrogen (secondary N) is 1. The lowest BCUT2D eigenvalue weighted by Crippen LogP contribution is -2.37. The van der Waals surface area contributed by atoms with Crippen LogP contribution in [-0.2, 0) is 20.7 Å². The average molecular weight is 234 g/mol. The van der Waals surface area contributed by atoms with Crippen LogP contribution in [0.5, 0.6) is 0 Å². The molecule has 0 fully saturated rings. The maximum Gasteiger partial charge on any atom is 0.466 e. The number of rotatable bonds is 7. The third-order valence-electron chi connectivity index (χ3n) is 2.28. The van der Waals surface area contributed by atoms with Crippen molar-refractivity contribution in [1.82, 2.24) is 5.32 Å². The van der Waals surface area contributed by atoms with E-state index in [9.17, 15) is 9.00 Å². The minimum Gasteiger partial charge on any atom is -0.481 e. The smallest absolute Gasteiger partial charge is 0.466 e. The maximum absolute atomic E-state index is 10.8. The van der Waals surface area contributed by atoms with Crippen LogP contribution in [-0.4, -0.2) is 28.9 Å². The molecule has 0 radical (unpaired) electrons. The molecule has 0 heterocycles. The van der Waals surface area contributed by atoms with Crippen LogP contribution in [0.2, 0.25) is 0 Å². The van der Waals surface area contributed by atoms with Gasteiger partial charge >= 0.3 is 17.6 Å². The van der Waals surface area contributed by atoms with E-state index in [1.165, 1.54) is 0 Å². The Morgan fingerprint density at radius 2 is 1.87 bits per heavy atom. The molecule has 2 N–H and O–H groups in total. The Morgan fingerprint density at radius 3 is 2.27 bits per heavy atom. The van der Waals surface area contributed by atoms with Gasteiger partial charge in [-0.3, -0.25) is 4.79 Å². The van der Waals surface area contributed by atoms with Gasteiger partial charge in [0, 0.05) is 18.1 Å². The van der Waals surface area contributed by atoms with E-state index in [0.717, 1.165) is 0 Å². The van der Waals surface area contributed by atoms with Crippen LogP contribution in [0, 0.1) is 5.41 Å². The highest BCUT2D eigenvalue weighted by atomic mass is 32.1. The highest BCUT2D eigenvalue weighted by Gasteiger charge is 2.32. The molecule has 0 rings (SSSR count). The average Bonchev–Trinajstić information content (AvgIpc) is 2.12. The van der Waals surface area contributed by atoms with Gasteiger partial charge in [0.25, 0.3) is 4.75 Å². The van der Waals surface area contributed by atoms with E-state index < -0.39 is 11.4 Å². The summed E-state index contributed by atoms with van der Waals surface area (Å²) >= 11 is 0.563. The third kappa shape index (κ3) is 5.79. The summed E-state index contributed by atoms with van der Waals surface area (Å²) in [6.45, 7) is 8.33. The van der Waals surface area contributed by atoms with Crippen LogP contribution in [0.25, 0.3) is 0 Å². The molecule has 0 aromatic rings. The van der Waals surface area contributed by atoms with Crippen LogP contribution in [0.4, 0.5) is 0 Å². The normalized spacial score (nSPS) is 12.5. The number of carboxylic acid groups (broad SMARTS) is 1. The number of carboxylic acids is 1. The highest BCUT2D eigenvalue weighted by molar-refractivity contribution is 7.67. The second-order valence-corrected chi connectivity index (χ2v) is 6.23. The molecule has 0 saturated heterocycles. The third-order valence-corrected chi connectivity index (χ3v) is 2.88. The van der Waals surface area contributed by atoms with Crippen molar-refractivity contribution >= 4 is 17.6 Å². The van der Waals surface area contributed by atoms with E-state index in [2.05, 4.69) is 5.32 Å². The zero-order valence-corrected chi connectivity index (χ0v) is 10.6. The molecule has 0 aromatic heterocycles. The Labute approximate surface area is 94.9 Å². The lowest BCUT2D eigenvalue weighted by Gasteiger charge is -2.19. The first-order valence-electron chi connectivity index (χ1n) is 4.96. The van der Waals surface area contributed by atoms with Gasteiger partial charge < -0.3 is 10.4 Å². The van der Waals surface area contributed by atoms with Gasteiger partial charge in [0.05, 0.1) is 12.0 Å². The van der Waals surface area contributed by atoms with Crippen LogP contribution >= 0.6 is 0 Å². The largest absolute Gasteiger partial charge is 0.481 e. The van der Waals surface area contributed by atoms with E-state index in [0.29, 0.717) is 31.2 Å². The number of carbonyl (C=O) groups is 1. The monoisotopic (exact) mass is 234 g/mol. The molecule has 5 heteroatoms. The minimum absolute atomic E-state index is 0.340. The summed E-state index contributed by atoms with van der Waals surface area (Å²) in [7, 11) is 0. The maximum atomic E-state index is 10.8. The summed E-state index contributed by atoms with van der Waals surface area (Å²) in [4.78, 5) is 10.8. The molecule has 0 atom stereocenters. The van der Waals surface area contributed by atoms with Crippen LogP contribution in [0.1, 0.15) is 34.1 Å². The van der Waals surface area contributed by atoms with E-state index >= 15 is 0 Å². The van der Waals surface area contributed by atoms with E-state index in [1.807, 2.05) is 13.8 Å². The molecule has 0 unspecified atom stereocenters. The van der Waals surface area contributed by atoms with Gasteiger partial charge in [0.2, 0.25) is 0 Å². The molecule has 0 aliphatic rings. The summed E-state index contributed by atoms with van der Waals surface area (Å²) in [5.74, 6) is -0.790. The standard InChI is InChI=1S/C10H19NO3S/c1-9(2,8(12)13)5-6-11-7-10(3,4)15-14/h11H,5-7H2,1-4H3/p+1. The first-order valence-corrected chi connectivity index (χ1v) is 5.70. The molecule has 88 valence electrons. The van der Waals surface area contributed by atoms with Gasteiger partial charge in [-0.2, -0.15) is 0 Å². The number of aliphatic carboxylic acids is 1. The number of hydrogen-bond donors (Lipinski definition) is 2. The molecule has 0 saturated carbocycles. The van der Waals surface area contributed by atoms with Gasteiger partial charge in [-0.25, -0.2) is 0 Å². The second kappa shape index (κ2) is 5.51. The Bertz CT molecular complexity index is 239. The fraction of sp³-hybridized carbons (Fsp3) is 0.900. The van der Waals surface area contributed by atoms with Crippen LogP contribution < -0.4 is 5.32 Å². The lowest BCUT2D eigenvalue weighted by atomic mass is 9.89. The van der Waals surface area contributed by atoms with Crippen LogP contribution in [0.3, 0.4) is 0 Å². The van der Waals surface area contributed by atoms with Gasteiger partial charge in [-0.05, 0) is 26.8 Å². The van der Waals surface area contributed by atoms with Crippen molar-refractivity contribution in [3.05, 3.63) is 0 Å². The first kappa shape index (κ1) is 14.5. The SMILES string of the molecule is CC(C)(CNCCC(C)(C)C(=O)O)[S+]=O. The topological polar surface area (TPSA) is 66.4 Å². The van der Waals surface area contributed by atoms with Crippen molar-refractivity contribution in [3.63, 3.8) is 0 Å². The number of hydrogen-bond acceptors (Lipinski definition) is 3. The Kier molecular flexibility index (Phi) is 5.31. The Morgan fingerprint density at radius 1 is 1.33 bits per heavy atom. The molecule has 0 aliphatic heterocycles. The molecular weight excluding hydrogens is 214 g/mol. The molecule has 0 spiro atoms. The zero-order chi connectivity index (χ0) is 12.1. The summed E-state index contributed by atoms with van der Waals surface area (Å²) in [6, 6.07) is 0. The quantitative estimate of drug-likeness (QED) is 0.514. The molecule has 0 bridgehead atoms. The molecule has 4 nitrogen and oxygen atoms in total. The highest BCUT2D eigenvalue weighted by Crippen LogP contribution is 2.19. The van der Waals surface area contributed by atoms with Gasteiger partial charge in [-0.1, -0.05) is 0 Å². The van der Waals surface area contributed by atoms with Crippen molar-refractivity contribution in [2.24, 2.45) is 5.41 Å². The van der Waals surface area contributed by atoms with Gasteiger partial charge in [-0.15, -0.1) is 0 Å². The molecule has 0 amide bonds. The summed E-state index contributed by atoms with van der Waals surface area (Å²) in [6.07, 6.45) is 0.557. The van der Waals surface area contributed by atoms with Crippen molar-refractivity contribution in [1.29, 1.82) is 0 Å². The summed E-state index contributed by atoms with van der Waals surface area (Å²) in [5.41, 5.74) is -0.707. The molecule has 15 heavy (non-hydrogen) atoms. The van der Waals surface area contributed by atoms with Crippen molar-refractivity contribution in [2.45, 2.75) is 38.9 Å². The van der Waals surface area contributed by atoms with E-state index in [1.54, 1.807) is 13.8 Å². The predicted molar refractivity (Wildman–Crippen MR) is 61.0 cm³/mol. The second-order valence-electron chi connectivity index (χ2n) is 4.96. The minimum atomic E-state index is -0.790. The first-order chi connectivity index (χ1) is 6.71. The summed E-state index contributed by atoms with van der Waals surface area (Å²) in [5, 5.41) is 12.0. The Balaban J connectivity index is 3.82. The van der Waals surface area contributed by atoms with Crippen LogP contribution in [0.15, 0.2) is 0 Å². The van der Waals surface area contributed by atoms with Gasteiger partial charge in [0.1, 0.15) is 0 Å². The fourth-order valence-electron chi connectivity index (χ4n) is 0.927. The van der Waals surface area contributed by atoms with Crippen molar-refractivity contribution < 1.29 is 14.1 Å². The molecular formula is C10H20NO3S+. The van der Waals surface area contributed by atoms with Crippen molar-refractivity contribution in [2.75, 3.05) is 13.1 Å². The zero-order valence-electron chi connectivity index (χ0n) is 9.79. The van der Waals surface area contributed by atoms with Gasteiger partial charge in [0.15, 0.2) is 0 Å².